The van der Waals surface area contributed by atoms with Gasteiger partial charge in [0, 0.05) is 39.8 Å². The van der Waals surface area contributed by atoms with Gasteiger partial charge in [-0.3, -0.25) is 4.99 Å². The second-order valence-electron chi connectivity index (χ2n) is 6.80. The summed E-state index contributed by atoms with van der Waals surface area (Å²) in [5, 5.41) is 13.6. The molecule has 1 aliphatic rings. The van der Waals surface area contributed by atoms with Crippen molar-refractivity contribution in [2.45, 2.75) is 38.7 Å². The van der Waals surface area contributed by atoms with Gasteiger partial charge in [0.2, 0.25) is 0 Å². The molecule has 1 atom stereocenters. The summed E-state index contributed by atoms with van der Waals surface area (Å²) in [6, 6.07) is 10.1. The molecule has 1 saturated heterocycles. The first kappa shape index (κ1) is 19.7. The summed E-state index contributed by atoms with van der Waals surface area (Å²) < 4.78 is 5.43. The summed E-state index contributed by atoms with van der Waals surface area (Å²) in [4.78, 5) is 6.80. The Hall–Kier alpha value is -1.59. The maximum atomic E-state index is 10.3. The van der Waals surface area contributed by atoms with Gasteiger partial charge in [0.05, 0.1) is 12.6 Å². The average molecular weight is 348 g/mol. The second kappa shape index (κ2) is 11.1. The van der Waals surface area contributed by atoms with Crippen LogP contribution in [0.5, 0.6) is 0 Å². The Kier molecular flexibility index (Phi) is 8.77. The SMILES string of the molecule is CCNC(=NCC(O)Cc1ccccc1)N(C)CCC1CCOCC1. The predicted octanol–water partition coefficient (Wildman–Crippen LogP) is 2.30. The van der Waals surface area contributed by atoms with E-state index in [1.165, 1.54) is 0 Å². The smallest absolute Gasteiger partial charge is 0.193 e. The van der Waals surface area contributed by atoms with Crippen molar-refractivity contribution in [3.8, 4) is 0 Å². The Morgan fingerprint density at radius 1 is 1.32 bits per heavy atom. The van der Waals surface area contributed by atoms with Crippen LogP contribution in [-0.2, 0) is 11.2 Å². The van der Waals surface area contributed by atoms with E-state index in [1.807, 2.05) is 30.3 Å². The van der Waals surface area contributed by atoms with E-state index in [9.17, 15) is 5.11 Å². The standard InChI is InChI=1S/C20H33N3O2/c1-3-21-20(23(2)12-9-17-10-13-25-14-11-17)22-16-19(24)15-18-7-5-4-6-8-18/h4-8,17,19,24H,3,9-16H2,1-2H3,(H,21,22). The Morgan fingerprint density at radius 2 is 2.04 bits per heavy atom. The summed E-state index contributed by atoms with van der Waals surface area (Å²) in [6.07, 6.45) is 3.67. The van der Waals surface area contributed by atoms with E-state index in [4.69, 9.17) is 4.74 Å². The van der Waals surface area contributed by atoms with Crippen molar-refractivity contribution in [2.24, 2.45) is 10.9 Å². The number of hydrogen-bond acceptors (Lipinski definition) is 3. The van der Waals surface area contributed by atoms with Crippen molar-refractivity contribution in [2.75, 3.05) is 39.9 Å². The Balaban J connectivity index is 1.81. The van der Waals surface area contributed by atoms with Gasteiger partial charge in [0.15, 0.2) is 5.96 Å². The molecule has 0 spiro atoms. The molecule has 2 N–H and O–H groups in total. The van der Waals surface area contributed by atoms with Crippen LogP contribution in [0.3, 0.4) is 0 Å². The van der Waals surface area contributed by atoms with Crippen molar-refractivity contribution in [3.05, 3.63) is 35.9 Å². The number of rotatable bonds is 8. The fraction of sp³-hybridized carbons (Fsp3) is 0.650. The lowest BCUT2D eigenvalue weighted by atomic mass is 9.96. The van der Waals surface area contributed by atoms with Crippen LogP contribution in [0.1, 0.15) is 31.7 Å². The third-order valence-corrected chi connectivity index (χ3v) is 4.68. The number of aliphatic hydroxyl groups is 1. The van der Waals surface area contributed by atoms with Crippen molar-refractivity contribution in [3.63, 3.8) is 0 Å². The number of benzene rings is 1. The molecule has 0 radical (unpaired) electrons. The van der Waals surface area contributed by atoms with Gasteiger partial charge < -0.3 is 20.1 Å². The zero-order chi connectivity index (χ0) is 17.9. The fourth-order valence-corrected chi connectivity index (χ4v) is 3.13. The van der Waals surface area contributed by atoms with Crippen LogP contribution in [-0.4, -0.2) is 62.0 Å². The summed E-state index contributed by atoms with van der Waals surface area (Å²) >= 11 is 0. The van der Waals surface area contributed by atoms with Gasteiger partial charge in [-0.1, -0.05) is 30.3 Å². The molecule has 1 aromatic carbocycles. The molecule has 0 bridgehead atoms. The number of ether oxygens (including phenoxy) is 1. The average Bonchev–Trinajstić information content (AvgIpc) is 2.65. The van der Waals surface area contributed by atoms with Gasteiger partial charge in [-0.15, -0.1) is 0 Å². The largest absolute Gasteiger partial charge is 0.391 e. The van der Waals surface area contributed by atoms with E-state index >= 15 is 0 Å². The van der Waals surface area contributed by atoms with Crippen molar-refractivity contribution in [1.29, 1.82) is 0 Å². The highest BCUT2D eigenvalue weighted by molar-refractivity contribution is 5.79. The van der Waals surface area contributed by atoms with Gasteiger partial charge in [0.25, 0.3) is 0 Å². The van der Waals surface area contributed by atoms with E-state index in [2.05, 4.69) is 29.2 Å². The van der Waals surface area contributed by atoms with E-state index in [0.29, 0.717) is 13.0 Å². The van der Waals surface area contributed by atoms with Crippen molar-refractivity contribution >= 4 is 5.96 Å². The normalized spacial score (nSPS) is 17.3. The molecule has 0 amide bonds. The Bertz CT molecular complexity index is 501. The number of hydrogen-bond donors (Lipinski definition) is 2. The number of aliphatic hydroxyl groups excluding tert-OH is 1. The van der Waals surface area contributed by atoms with Gasteiger partial charge in [-0.05, 0) is 37.7 Å². The molecule has 2 rings (SSSR count). The van der Waals surface area contributed by atoms with E-state index < -0.39 is 6.10 Å². The molecule has 0 aliphatic carbocycles. The highest BCUT2D eigenvalue weighted by Gasteiger charge is 2.15. The molecule has 1 heterocycles. The maximum Gasteiger partial charge on any atom is 0.193 e. The lowest BCUT2D eigenvalue weighted by molar-refractivity contribution is 0.0625. The molecule has 140 valence electrons. The first-order valence-corrected chi connectivity index (χ1v) is 9.48. The molecule has 5 nitrogen and oxygen atoms in total. The summed E-state index contributed by atoms with van der Waals surface area (Å²) in [5.41, 5.74) is 1.14. The van der Waals surface area contributed by atoms with Crippen LogP contribution in [0.15, 0.2) is 35.3 Å². The topological polar surface area (TPSA) is 57.1 Å². The quantitative estimate of drug-likeness (QED) is 0.560. The molecular weight excluding hydrogens is 314 g/mol. The van der Waals surface area contributed by atoms with Gasteiger partial charge in [-0.25, -0.2) is 0 Å². The van der Waals surface area contributed by atoms with Crippen molar-refractivity contribution < 1.29 is 9.84 Å². The lowest BCUT2D eigenvalue weighted by Crippen LogP contribution is -2.40. The molecule has 1 unspecified atom stereocenters. The summed E-state index contributed by atoms with van der Waals surface area (Å²) in [5.74, 6) is 1.63. The predicted molar refractivity (Wildman–Crippen MR) is 103 cm³/mol. The van der Waals surface area contributed by atoms with Gasteiger partial charge in [-0.2, -0.15) is 0 Å². The van der Waals surface area contributed by atoms with Crippen molar-refractivity contribution in [1.82, 2.24) is 10.2 Å². The first-order valence-electron chi connectivity index (χ1n) is 9.48. The lowest BCUT2D eigenvalue weighted by Gasteiger charge is -2.27. The zero-order valence-electron chi connectivity index (χ0n) is 15.7. The molecule has 1 aliphatic heterocycles. The molecular formula is C20H33N3O2. The summed E-state index contributed by atoms with van der Waals surface area (Å²) in [7, 11) is 2.07. The van der Waals surface area contributed by atoms with E-state index in [1.54, 1.807) is 0 Å². The first-order chi connectivity index (χ1) is 12.2. The number of nitrogens with one attached hydrogen (secondary N) is 1. The van der Waals surface area contributed by atoms with E-state index in [0.717, 1.165) is 63.0 Å². The maximum absolute atomic E-state index is 10.3. The van der Waals surface area contributed by atoms with Crippen LogP contribution in [0.2, 0.25) is 0 Å². The number of nitrogens with zero attached hydrogens (tertiary/aromatic N) is 2. The van der Waals surface area contributed by atoms with Crippen LogP contribution in [0.25, 0.3) is 0 Å². The minimum atomic E-state index is -0.458. The monoisotopic (exact) mass is 347 g/mol. The molecule has 0 saturated carbocycles. The number of aliphatic imine (C=N–C) groups is 1. The molecule has 1 aromatic rings. The van der Waals surface area contributed by atoms with Crippen LogP contribution in [0, 0.1) is 5.92 Å². The summed E-state index contributed by atoms with van der Waals surface area (Å²) in [6.45, 7) is 6.09. The molecule has 1 fully saturated rings. The van der Waals surface area contributed by atoms with Gasteiger partial charge in [0.1, 0.15) is 0 Å². The zero-order valence-corrected chi connectivity index (χ0v) is 15.7. The minimum Gasteiger partial charge on any atom is -0.391 e. The molecule has 25 heavy (non-hydrogen) atoms. The highest BCUT2D eigenvalue weighted by atomic mass is 16.5. The molecule has 5 heteroatoms. The highest BCUT2D eigenvalue weighted by Crippen LogP contribution is 2.18. The Labute approximate surface area is 152 Å². The minimum absolute atomic E-state index is 0.416. The third-order valence-electron chi connectivity index (χ3n) is 4.68. The second-order valence-corrected chi connectivity index (χ2v) is 6.80. The van der Waals surface area contributed by atoms with E-state index in [-0.39, 0.29) is 0 Å². The fourth-order valence-electron chi connectivity index (χ4n) is 3.13. The van der Waals surface area contributed by atoms with Crippen LogP contribution >= 0.6 is 0 Å². The molecule has 0 aromatic heterocycles. The van der Waals surface area contributed by atoms with Crippen LogP contribution in [0.4, 0.5) is 0 Å². The Morgan fingerprint density at radius 3 is 2.72 bits per heavy atom. The van der Waals surface area contributed by atoms with Crippen LogP contribution < -0.4 is 5.32 Å². The number of guanidine groups is 1. The third kappa shape index (κ3) is 7.45. The van der Waals surface area contributed by atoms with Gasteiger partial charge >= 0.3 is 0 Å².